The van der Waals surface area contributed by atoms with Gasteiger partial charge in [0.25, 0.3) is 0 Å². The monoisotopic (exact) mass is 466 g/mol. The van der Waals surface area contributed by atoms with E-state index in [0.29, 0.717) is 16.8 Å². The Bertz CT molecular complexity index is 1300. The van der Waals surface area contributed by atoms with Gasteiger partial charge in [0.05, 0.1) is 23.3 Å². The average molecular weight is 467 g/mol. The third-order valence-electron chi connectivity index (χ3n) is 5.01. The van der Waals surface area contributed by atoms with Crippen molar-refractivity contribution in [3.63, 3.8) is 0 Å². The molecule has 0 heterocycles. The predicted molar refractivity (Wildman–Crippen MR) is 133 cm³/mol. The van der Waals surface area contributed by atoms with Crippen LogP contribution < -0.4 is 10.6 Å². The van der Waals surface area contributed by atoms with Gasteiger partial charge in [-0.05, 0) is 67.8 Å². The van der Waals surface area contributed by atoms with Crippen molar-refractivity contribution in [2.45, 2.75) is 38.8 Å². The molecule has 3 aromatic rings. The Morgan fingerprint density at radius 3 is 2.31 bits per heavy atom. The molecule has 7 nitrogen and oxygen atoms in total. The molecular weight excluding hydrogens is 440 g/mol. The van der Waals surface area contributed by atoms with Crippen molar-refractivity contribution in [1.29, 1.82) is 10.5 Å². The molecule has 176 valence electrons. The first-order chi connectivity index (χ1) is 16.7. The van der Waals surface area contributed by atoms with E-state index >= 15 is 0 Å². The summed E-state index contributed by atoms with van der Waals surface area (Å²) in [6, 6.07) is 24.6. The summed E-state index contributed by atoms with van der Waals surface area (Å²) in [5.41, 5.74) is 3.21. The Kier molecular flexibility index (Phi) is 7.86. The molecule has 0 aliphatic heterocycles. The van der Waals surface area contributed by atoms with Crippen LogP contribution in [0.1, 0.15) is 37.5 Å². The summed E-state index contributed by atoms with van der Waals surface area (Å²) >= 11 is 0. The van der Waals surface area contributed by atoms with Crippen molar-refractivity contribution in [2.24, 2.45) is 0 Å². The van der Waals surface area contributed by atoms with Crippen LogP contribution in [-0.4, -0.2) is 23.6 Å². The molecule has 0 spiro atoms. The Balaban J connectivity index is 1.79. The highest BCUT2D eigenvalue weighted by atomic mass is 16.6. The second-order valence-corrected chi connectivity index (χ2v) is 8.94. The van der Waals surface area contributed by atoms with Gasteiger partial charge in [-0.2, -0.15) is 10.5 Å². The fourth-order valence-electron chi connectivity index (χ4n) is 3.46. The first-order valence-corrected chi connectivity index (χ1v) is 11.1. The topological polar surface area (TPSA) is 115 Å². The first-order valence-electron chi connectivity index (χ1n) is 11.1. The summed E-state index contributed by atoms with van der Waals surface area (Å²) in [5.74, 6) is -0.427. The molecule has 0 saturated carbocycles. The van der Waals surface area contributed by atoms with Crippen molar-refractivity contribution >= 4 is 17.7 Å². The average Bonchev–Trinajstić information content (AvgIpc) is 2.83. The van der Waals surface area contributed by atoms with Crippen molar-refractivity contribution in [3.05, 3.63) is 89.5 Å². The molecule has 3 aromatic carbocycles. The SMILES string of the molecule is CC(C)(C)OC(=O)N[C@@H](Cc1cccc(C#N)c1)C(=O)Nc1ccc(-c2ccccc2C#N)cc1. The zero-order chi connectivity index (χ0) is 25.4. The lowest BCUT2D eigenvalue weighted by Gasteiger charge is -2.23. The molecule has 1 atom stereocenters. The number of benzene rings is 3. The van der Waals surface area contributed by atoms with Gasteiger partial charge in [-0.3, -0.25) is 4.79 Å². The fraction of sp³-hybridized carbons (Fsp3) is 0.214. The van der Waals surface area contributed by atoms with Gasteiger partial charge in [-0.25, -0.2) is 4.79 Å². The second-order valence-electron chi connectivity index (χ2n) is 8.94. The standard InChI is InChI=1S/C28H26N4O3/c1-28(2,3)35-27(34)32-25(16-19-7-6-8-20(15-19)17-29)26(33)31-23-13-11-21(12-14-23)24-10-5-4-9-22(24)18-30/h4-15,25H,16H2,1-3H3,(H,31,33)(H,32,34)/t25-/m0/s1. The number of hydrogen-bond acceptors (Lipinski definition) is 5. The van der Waals surface area contributed by atoms with Crippen molar-refractivity contribution in [1.82, 2.24) is 5.32 Å². The van der Waals surface area contributed by atoms with Gasteiger partial charge in [-0.15, -0.1) is 0 Å². The zero-order valence-corrected chi connectivity index (χ0v) is 19.8. The van der Waals surface area contributed by atoms with Crippen molar-refractivity contribution < 1.29 is 14.3 Å². The molecular formula is C28H26N4O3. The minimum Gasteiger partial charge on any atom is -0.444 e. The van der Waals surface area contributed by atoms with E-state index in [4.69, 9.17) is 4.74 Å². The first kappa shape index (κ1) is 25.0. The summed E-state index contributed by atoms with van der Waals surface area (Å²) in [6.07, 6.45) is -0.536. The van der Waals surface area contributed by atoms with Gasteiger partial charge in [0.2, 0.25) is 5.91 Å². The summed E-state index contributed by atoms with van der Waals surface area (Å²) in [4.78, 5) is 25.5. The molecule has 0 saturated heterocycles. The van der Waals surface area contributed by atoms with Crippen LogP contribution in [0.5, 0.6) is 0 Å². The maximum Gasteiger partial charge on any atom is 0.408 e. The highest BCUT2D eigenvalue weighted by molar-refractivity contribution is 5.97. The number of anilines is 1. The Morgan fingerprint density at radius 1 is 0.943 bits per heavy atom. The van der Waals surface area contributed by atoms with Crippen LogP contribution in [0.4, 0.5) is 10.5 Å². The number of nitrogens with zero attached hydrogens (tertiary/aromatic N) is 2. The van der Waals surface area contributed by atoms with E-state index in [9.17, 15) is 20.1 Å². The smallest absolute Gasteiger partial charge is 0.408 e. The van der Waals surface area contributed by atoms with E-state index in [2.05, 4.69) is 22.8 Å². The Morgan fingerprint density at radius 2 is 1.66 bits per heavy atom. The number of rotatable bonds is 6. The number of carbonyl (C=O) groups excluding carboxylic acids is 2. The van der Waals surface area contributed by atoms with E-state index in [1.165, 1.54) is 0 Å². The largest absolute Gasteiger partial charge is 0.444 e. The van der Waals surface area contributed by atoms with Gasteiger partial charge in [-0.1, -0.05) is 42.5 Å². The van der Waals surface area contributed by atoms with Crippen LogP contribution in [0.15, 0.2) is 72.8 Å². The number of amides is 2. The quantitative estimate of drug-likeness (QED) is 0.520. The van der Waals surface area contributed by atoms with Crippen LogP contribution in [0, 0.1) is 22.7 Å². The highest BCUT2D eigenvalue weighted by Gasteiger charge is 2.25. The number of alkyl carbamates (subject to hydrolysis) is 1. The van der Waals surface area contributed by atoms with Gasteiger partial charge in [0, 0.05) is 12.1 Å². The lowest BCUT2D eigenvalue weighted by molar-refractivity contribution is -0.118. The lowest BCUT2D eigenvalue weighted by Crippen LogP contribution is -2.47. The molecule has 2 amide bonds. The van der Waals surface area contributed by atoms with Crippen LogP contribution in [0.2, 0.25) is 0 Å². The minimum absolute atomic E-state index is 0.175. The van der Waals surface area contributed by atoms with Crippen LogP contribution in [0.25, 0.3) is 11.1 Å². The van der Waals surface area contributed by atoms with E-state index < -0.39 is 23.6 Å². The molecule has 0 unspecified atom stereocenters. The maximum absolute atomic E-state index is 13.1. The molecule has 0 fully saturated rings. The number of carbonyl (C=O) groups is 2. The zero-order valence-electron chi connectivity index (χ0n) is 19.8. The normalized spacial score (nSPS) is 11.5. The molecule has 2 N–H and O–H groups in total. The van der Waals surface area contributed by atoms with Gasteiger partial charge < -0.3 is 15.4 Å². The van der Waals surface area contributed by atoms with Gasteiger partial charge >= 0.3 is 6.09 Å². The molecule has 35 heavy (non-hydrogen) atoms. The number of nitrogens with one attached hydrogen (secondary N) is 2. The van der Waals surface area contributed by atoms with E-state index in [-0.39, 0.29) is 6.42 Å². The highest BCUT2D eigenvalue weighted by Crippen LogP contribution is 2.25. The fourth-order valence-corrected chi connectivity index (χ4v) is 3.46. The minimum atomic E-state index is -0.933. The second kappa shape index (κ2) is 11.0. The summed E-state index contributed by atoms with van der Waals surface area (Å²) in [6.45, 7) is 5.22. The third kappa shape index (κ3) is 7.18. The molecule has 0 aliphatic carbocycles. The van der Waals surface area contributed by atoms with Crippen LogP contribution in [0.3, 0.4) is 0 Å². The molecule has 3 rings (SSSR count). The lowest BCUT2D eigenvalue weighted by atomic mass is 10.00. The van der Waals surface area contributed by atoms with Gasteiger partial charge in [0.1, 0.15) is 11.6 Å². The molecule has 0 aromatic heterocycles. The number of nitriles is 2. The maximum atomic E-state index is 13.1. The Labute approximate surface area is 205 Å². The van der Waals surface area contributed by atoms with Crippen molar-refractivity contribution in [2.75, 3.05) is 5.32 Å². The van der Waals surface area contributed by atoms with E-state index in [1.54, 1.807) is 69.3 Å². The van der Waals surface area contributed by atoms with Crippen LogP contribution in [-0.2, 0) is 16.0 Å². The molecule has 0 radical (unpaired) electrons. The summed E-state index contributed by atoms with van der Waals surface area (Å²) in [5, 5.41) is 24.0. The van der Waals surface area contributed by atoms with Gasteiger partial charge in [0.15, 0.2) is 0 Å². The number of hydrogen-bond donors (Lipinski definition) is 2. The molecule has 7 heteroatoms. The van der Waals surface area contributed by atoms with Crippen molar-refractivity contribution in [3.8, 4) is 23.3 Å². The Hall–Kier alpha value is -4.62. The van der Waals surface area contributed by atoms with E-state index in [0.717, 1.165) is 16.7 Å². The summed E-state index contributed by atoms with van der Waals surface area (Å²) < 4.78 is 5.33. The summed E-state index contributed by atoms with van der Waals surface area (Å²) in [7, 11) is 0. The van der Waals surface area contributed by atoms with Crippen LogP contribution >= 0.6 is 0 Å². The number of ether oxygens (including phenoxy) is 1. The molecule has 0 bridgehead atoms. The predicted octanol–water partition coefficient (Wildman–Crippen LogP) is 5.17. The molecule has 0 aliphatic rings. The van der Waals surface area contributed by atoms with E-state index in [1.807, 2.05) is 24.3 Å². The third-order valence-corrected chi connectivity index (χ3v) is 5.01.